The van der Waals surface area contributed by atoms with E-state index in [1.165, 1.54) is 12.1 Å². The number of rotatable bonds is 3. The number of furan rings is 1. The Morgan fingerprint density at radius 3 is 2.67 bits per heavy atom. The first-order chi connectivity index (χ1) is 10.3. The zero-order valence-electron chi connectivity index (χ0n) is 10.7. The molecule has 102 valence electrons. The number of hydrogen-bond acceptors (Lipinski definition) is 4. The summed E-state index contributed by atoms with van der Waals surface area (Å²) >= 11 is 0. The normalized spacial score (nSPS) is 10.9. The van der Waals surface area contributed by atoms with Crippen LogP contribution in [0.25, 0.3) is 23.6 Å². The highest BCUT2D eigenvalue weighted by Crippen LogP contribution is 2.23. The maximum atomic E-state index is 12.8. The number of H-pyrrole nitrogens is 1. The topological polar surface area (TPSA) is 78.5 Å². The summed E-state index contributed by atoms with van der Waals surface area (Å²) in [5.74, 6) is 0.780. The molecule has 5 nitrogen and oxygen atoms in total. The highest BCUT2D eigenvalue weighted by Gasteiger charge is 2.13. The molecule has 1 aromatic carbocycles. The van der Waals surface area contributed by atoms with Crippen LogP contribution in [0.1, 0.15) is 17.0 Å². The monoisotopic (exact) mass is 280 g/mol. The lowest BCUT2D eigenvalue weighted by atomic mass is 10.2. The van der Waals surface area contributed by atoms with Gasteiger partial charge in [-0.25, -0.2) is 4.39 Å². The summed E-state index contributed by atoms with van der Waals surface area (Å²) < 4.78 is 18.4. The number of nitrogens with zero attached hydrogens (tertiary/aromatic N) is 3. The summed E-state index contributed by atoms with van der Waals surface area (Å²) in [6.07, 6.45) is 3.55. The number of halogens is 1. The molecule has 3 aromatic rings. The van der Waals surface area contributed by atoms with Gasteiger partial charge in [0.05, 0.1) is 0 Å². The Bertz CT molecular complexity index is 824. The van der Waals surface area contributed by atoms with Gasteiger partial charge in [0.1, 0.15) is 17.6 Å². The lowest BCUT2D eigenvalue weighted by Crippen LogP contribution is -1.78. The summed E-state index contributed by atoms with van der Waals surface area (Å²) in [4.78, 5) is 0. The van der Waals surface area contributed by atoms with Crippen LogP contribution in [0.15, 0.2) is 40.8 Å². The van der Waals surface area contributed by atoms with E-state index in [-0.39, 0.29) is 11.5 Å². The number of nitriles is 1. The summed E-state index contributed by atoms with van der Waals surface area (Å²) in [5.41, 5.74) is 1.41. The third-order valence-electron chi connectivity index (χ3n) is 2.82. The lowest BCUT2D eigenvalue weighted by molar-refractivity contribution is 0.569. The number of aromatic amines is 1. The van der Waals surface area contributed by atoms with Gasteiger partial charge < -0.3 is 4.42 Å². The van der Waals surface area contributed by atoms with Gasteiger partial charge in [-0.3, -0.25) is 0 Å². The molecular formula is C15H9FN4O. The number of benzene rings is 1. The lowest BCUT2D eigenvalue weighted by Gasteiger charge is -1.92. The van der Waals surface area contributed by atoms with Crippen LogP contribution in [-0.4, -0.2) is 15.4 Å². The highest BCUT2D eigenvalue weighted by molar-refractivity contribution is 5.69. The minimum absolute atomic E-state index is 0.179. The van der Waals surface area contributed by atoms with Gasteiger partial charge in [-0.05, 0) is 35.9 Å². The van der Waals surface area contributed by atoms with Gasteiger partial charge in [0.25, 0.3) is 0 Å². The van der Waals surface area contributed by atoms with E-state index in [2.05, 4.69) is 15.4 Å². The van der Waals surface area contributed by atoms with Crippen LogP contribution in [0.5, 0.6) is 0 Å². The standard InChI is InChI=1S/C15H9FN4O/c16-11-4-1-10(2-5-11)3-6-12-7-8-14(21-12)15-13(9-17)18-20-19-15/h1-8H,(H,18,19,20)/b6-3+. The molecule has 2 heterocycles. The molecule has 0 saturated heterocycles. The van der Waals surface area contributed by atoms with Crippen LogP contribution in [0.3, 0.4) is 0 Å². The van der Waals surface area contributed by atoms with Crippen LogP contribution in [-0.2, 0) is 0 Å². The van der Waals surface area contributed by atoms with Gasteiger partial charge in [-0.1, -0.05) is 18.2 Å². The Morgan fingerprint density at radius 2 is 1.90 bits per heavy atom. The van der Waals surface area contributed by atoms with Crippen LogP contribution < -0.4 is 0 Å². The fourth-order valence-corrected chi connectivity index (χ4v) is 1.80. The fourth-order valence-electron chi connectivity index (χ4n) is 1.80. The van der Waals surface area contributed by atoms with Gasteiger partial charge >= 0.3 is 0 Å². The van der Waals surface area contributed by atoms with Crippen molar-refractivity contribution in [3.05, 3.63) is 59.2 Å². The summed E-state index contributed by atoms with van der Waals surface area (Å²) in [6, 6.07) is 11.5. The second-order valence-electron chi connectivity index (χ2n) is 4.22. The van der Waals surface area contributed by atoms with Crippen LogP contribution >= 0.6 is 0 Å². The molecule has 0 atom stereocenters. The predicted octanol–water partition coefficient (Wildman–Crippen LogP) is 3.25. The van der Waals surface area contributed by atoms with E-state index >= 15 is 0 Å². The zero-order chi connectivity index (χ0) is 14.7. The first-order valence-corrected chi connectivity index (χ1v) is 6.11. The molecule has 2 aromatic heterocycles. The number of aromatic nitrogens is 3. The average molecular weight is 280 g/mol. The van der Waals surface area contributed by atoms with Crippen molar-refractivity contribution in [2.45, 2.75) is 0 Å². The minimum atomic E-state index is -0.275. The van der Waals surface area contributed by atoms with Gasteiger partial charge in [0, 0.05) is 0 Å². The number of nitrogens with one attached hydrogen (secondary N) is 1. The molecule has 6 heteroatoms. The molecule has 0 aliphatic heterocycles. The Kier molecular flexibility index (Phi) is 3.31. The zero-order valence-corrected chi connectivity index (χ0v) is 10.7. The Hall–Kier alpha value is -3.20. The molecular weight excluding hydrogens is 271 g/mol. The second-order valence-corrected chi connectivity index (χ2v) is 4.22. The summed E-state index contributed by atoms with van der Waals surface area (Å²) in [5, 5.41) is 18.9. The van der Waals surface area contributed by atoms with E-state index in [4.69, 9.17) is 9.68 Å². The molecule has 0 bridgehead atoms. The van der Waals surface area contributed by atoms with Crippen molar-refractivity contribution in [3.63, 3.8) is 0 Å². The highest BCUT2D eigenvalue weighted by atomic mass is 19.1. The van der Waals surface area contributed by atoms with Gasteiger partial charge in [0.15, 0.2) is 17.1 Å². The molecule has 1 N–H and O–H groups in total. The van der Waals surface area contributed by atoms with Gasteiger partial charge in [-0.2, -0.15) is 15.6 Å². The first-order valence-electron chi connectivity index (χ1n) is 6.11. The van der Waals surface area contributed by atoms with Crippen molar-refractivity contribution in [2.24, 2.45) is 0 Å². The minimum Gasteiger partial charge on any atom is -0.455 e. The van der Waals surface area contributed by atoms with E-state index in [9.17, 15) is 4.39 Å². The summed E-state index contributed by atoms with van der Waals surface area (Å²) in [7, 11) is 0. The number of hydrogen-bond donors (Lipinski definition) is 1. The van der Waals surface area contributed by atoms with Crippen molar-refractivity contribution in [2.75, 3.05) is 0 Å². The van der Waals surface area contributed by atoms with E-state index in [1.54, 1.807) is 36.4 Å². The molecule has 21 heavy (non-hydrogen) atoms. The van der Waals surface area contributed by atoms with E-state index in [1.807, 2.05) is 6.07 Å². The molecule has 0 amide bonds. The quantitative estimate of drug-likeness (QED) is 0.798. The molecule has 0 saturated carbocycles. The third-order valence-corrected chi connectivity index (χ3v) is 2.82. The first kappa shape index (κ1) is 12.8. The molecule has 0 aliphatic rings. The molecule has 0 fully saturated rings. The van der Waals surface area contributed by atoms with Crippen molar-refractivity contribution < 1.29 is 8.81 Å². The van der Waals surface area contributed by atoms with Crippen molar-refractivity contribution >= 4 is 12.2 Å². The molecule has 3 rings (SSSR count). The fraction of sp³-hybridized carbons (Fsp3) is 0. The Labute approximate surface area is 119 Å². The van der Waals surface area contributed by atoms with Crippen molar-refractivity contribution in [1.29, 1.82) is 5.26 Å². The van der Waals surface area contributed by atoms with Crippen LogP contribution in [0.4, 0.5) is 4.39 Å². The smallest absolute Gasteiger partial charge is 0.193 e. The summed E-state index contributed by atoms with van der Waals surface area (Å²) in [6.45, 7) is 0. The maximum Gasteiger partial charge on any atom is 0.193 e. The Morgan fingerprint density at radius 1 is 1.10 bits per heavy atom. The predicted molar refractivity (Wildman–Crippen MR) is 74.1 cm³/mol. The molecule has 0 aliphatic carbocycles. The molecule has 0 radical (unpaired) electrons. The molecule has 0 spiro atoms. The van der Waals surface area contributed by atoms with E-state index < -0.39 is 0 Å². The average Bonchev–Trinajstić information content (AvgIpc) is 3.15. The van der Waals surface area contributed by atoms with E-state index in [0.717, 1.165) is 5.56 Å². The maximum absolute atomic E-state index is 12.8. The van der Waals surface area contributed by atoms with E-state index in [0.29, 0.717) is 17.2 Å². The second kappa shape index (κ2) is 5.43. The molecule has 0 unspecified atom stereocenters. The Balaban J connectivity index is 1.82. The third kappa shape index (κ3) is 2.72. The SMILES string of the molecule is N#Cc1n[nH]nc1-c1ccc(/C=C/c2ccc(F)cc2)o1. The largest absolute Gasteiger partial charge is 0.455 e. The van der Waals surface area contributed by atoms with Gasteiger partial charge in [0.2, 0.25) is 0 Å². The van der Waals surface area contributed by atoms with Crippen molar-refractivity contribution in [1.82, 2.24) is 15.4 Å². The van der Waals surface area contributed by atoms with Crippen LogP contribution in [0.2, 0.25) is 0 Å². The van der Waals surface area contributed by atoms with Crippen molar-refractivity contribution in [3.8, 4) is 17.5 Å². The van der Waals surface area contributed by atoms with Gasteiger partial charge in [-0.15, -0.1) is 5.10 Å². The van der Waals surface area contributed by atoms with Crippen LogP contribution in [0, 0.1) is 17.1 Å².